The normalized spacial score (nSPS) is 18.4. The van der Waals surface area contributed by atoms with Crippen LogP contribution in [0.2, 0.25) is 0 Å². The lowest BCUT2D eigenvalue weighted by Gasteiger charge is -2.36. The predicted molar refractivity (Wildman–Crippen MR) is 96.0 cm³/mol. The molecule has 128 valence electrons. The molecule has 1 unspecified atom stereocenters. The van der Waals surface area contributed by atoms with Crippen molar-refractivity contribution in [2.45, 2.75) is 12.6 Å². The third-order valence-electron chi connectivity index (χ3n) is 4.65. The number of aromatic nitrogens is 2. The van der Waals surface area contributed by atoms with Crippen molar-refractivity contribution in [2.75, 3.05) is 19.6 Å². The predicted octanol–water partition coefficient (Wildman–Crippen LogP) is 3.16. The Balaban J connectivity index is 1.57. The maximum atomic E-state index is 13.6. The van der Waals surface area contributed by atoms with E-state index in [9.17, 15) is 4.39 Å². The summed E-state index contributed by atoms with van der Waals surface area (Å²) in [6.45, 7) is 3.55. The molecule has 2 heterocycles. The fraction of sp³-hybridized carbons (Fsp3) is 0.250. The van der Waals surface area contributed by atoms with Crippen LogP contribution in [0, 0.1) is 5.82 Å². The molecule has 0 amide bonds. The summed E-state index contributed by atoms with van der Waals surface area (Å²) in [4.78, 5) is 2.41. The maximum absolute atomic E-state index is 13.6. The molecule has 3 aromatic rings. The van der Waals surface area contributed by atoms with Gasteiger partial charge in [-0.15, -0.1) is 0 Å². The monoisotopic (exact) mass is 336 g/mol. The van der Waals surface area contributed by atoms with E-state index in [0.717, 1.165) is 37.4 Å². The number of rotatable bonds is 4. The van der Waals surface area contributed by atoms with Gasteiger partial charge in [0, 0.05) is 44.6 Å². The van der Waals surface area contributed by atoms with Crippen molar-refractivity contribution in [3.05, 3.63) is 83.9 Å². The summed E-state index contributed by atoms with van der Waals surface area (Å²) in [5, 5.41) is 7.72. The van der Waals surface area contributed by atoms with Crippen molar-refractivity contribution < 1.29 is 4.39 Å². The van der Waals surface area contributed by atoms with Crippen molar-refractivity contribution in [2.24, 2.45) is 0 Å². The van der Waals surface area contributed by atoms with Gasteiger partial charge in [0.1, 0.15) is 5.82 Å². The van der Waals surface area contributed by atoms with Gasteiger partial charge in [-0.05, 0) is 41.5 Å². The van der Waals surface area contributed by atoms with E-state index in [0.29, 0.717) is 0 Å². The van der Waals surface area contributed by atoms with Crippen LogP contribution in [-0.4, -0.2) is 34.3 Å². The summed E-state index contributed by atoms with van der Waals surface area (Å²) < 4.78 is 15.5. The lowest BCUT2D eigenvalue weighted by Crippen LogP contribution is -2.45. The molecule has 0 radical (unpaired) electrons. The highest BCUT2D eigenvalue weighted by Crippen LogP contribution is 2.25. The van der Waals surface area contributed by atoms with E-state index in [4.69, 9.17) is 0 Å². The molecule has 1 atom stereocenters. The summed E-state index contributed by atoms with van der Waals surface area (Å²) in [6, 6.07) is 17.5. The molecule has 1 aliphatic rings. The van der Waals surface area contributed by atoms with Crippen molar-refractivity contribution >= 4 is 0 Å². The van der Waals surface area contributed by atoms with E-state index in [1.807, 2.05) is 23.0 Å². The number of benzene rings is 2. The number of hydrogen-bond donors (Lipinski definition) is 1. The molecular formula is C20H21FN4. The largest absolute Gasteiger partial charge is 0.314 e. The van der Waals surface area contributed by atoms with E-state index in [-0.39, 0.29) is 11.9 Å². The molecule has 4 nitrogen and oxygen atoms in total. The van der Waals surface area contributed by atoms with Gasteiger partial charge in [-0.3, -0.25) is 4.90 Å². The molecule has 1 aliphatic heterocycles. The van der Waals surface area contributed by atoms with Crippen molar-refractivity contribution in [3.63, 3.8) is 0 Å². The van der Waals surface area contributed by atoms with Gasteiger partial charge in [0.2, 0.25) is 0 Å². The molecular weight excluding hydrogens is 315 g/mol. The molecule has 25 heavy (non-hydrogen) atoms. The molecule has 2 aromatic carbocycles. The van der Waals surface area contributed by atoms with Gasteiger partial charge in [0.05, 0.1) is 5.69 Å². The van der Waals surface area contributed by atoms with Gasteiger partial charge < -0.3 is 5.32 Å². The van der Waals surface area contributed by atoms with Crippen LogP contribution in [0.3, 0.4) is 0 Å². The molecule has 0 saturated carbocycles. The fourth-order valence-corrected chi connectivity index (χ4v) is 3.43. The first-order valence-electron chi connectivity index (χ1n) is 8.59. The fourth-order valence-electron chi connectivity index (χ4n) is 3.43. The Morgan fingerprint density at radius 3 is 2.88 bits per heavy atom. The van der Waals surface area contributed by atoms with E-state index < -0.39 is 0 Å². The Morgan fingerprint density at radius 2 is 2.04 bits per heavy atom. The van der Waals surface area contributed by atoms with Crippen molar-refractivity contribution in [1.29, 1.82) is 0 Å². The second kappa shape index (κ2) is 7.17. The first-order valence-corrected chi connectivity index (χ1v) is 8.59. The Bertz CT molecular complexity index is 831. The van der Waals surface area contributed by atoms with Gasteiger partial charge >= 0.3 is 0 Å². The molecule has 0 spiro atoms. The summed E-state index contributed by atoms with van der Waals surface area (Å²) in [5.41, 5.74) is 3.31. The van der Waals surface area contributed by atoms with Gasteiger partial charge in [0.25, 0.3) is 0 Å². The SMILES string of the molecule is Fc1cccc(C2CNCCN2Cc2cccc(-n3cccn3)c2)c1. The zero-order valence-corrected chi connectivity index (χ0v) is 14.0. The van der Waals surface area contributed by atoms with Gasteiger partial charge in [-0.2, -0.15) is 5.10 Å². The first kappa shape index (κ1) is 16.0. The minimum absolute atomic E-state index is 0.177. The maximum Gasteiger partial charge on any atom is 0.123 e. The van der Waals surface area contributed by atoms with E-state index >= 15 is 0 Å². The molecule has 0 aliphatic carbocycles. The Morgan fingerprint density at radius 1 is 1.12 bits per heavy atom. The lowest BCUT2D eigenvalue weighted by molar-refractivity contribution is 0.153. The molecule has 1 saturated heterocycles. The van der Waals surface area contributed by atoms with Gasteiger partial charge in [-0.1, -0.05) is 24.3 Å². The highest BCUT2D eigenvalue weighted by atomic mass is 19.1. The summed E-state index contributed by atoms with van der Waals surface area (Å²) >= 11 is 0. The minimum Gasteiger partial charge on any atom is -0.314 e. The minimum atomic E-state index is -0.177. The zero-order chi connectivity index (χ0) is 17.1. The highest BCUT2D eigenvalue weighted by Gasteiger charge is 2.24. The molecule has 0 bridgehead atoms. The second-order valence-corrected chi connectivity index (χ2v) is 6.37. The van der Waals surface area contributed by atoms with Crippen LogP contribution >= 0.6 is 0 Å². The average Bonchev–Trinajstić information content (AvgIpc) is 3.17. The smallest absolute Gasteiger partial charge is 0.123 e. The van der Waals surface area contributed by atoms with Crippen LogP contribution in [0.4, 0.5) is 4.39 Å². The van der Waals surface area contributed by atoms with Crippen LogP contribution in [0.5, 0.6) is 0 Å². The van der Waals surface area contributed by atoms with Crippen LogP contribution in [0.25, 0.3) is 5.69 Å². The lowest BCUT2D eigenvalue weighted by atomic mass is 10.0. The first-order chi connectivity index (χ1) is 12.3. The quantitative estimate of drug-likeness (QED) is 0.794. The van der Waals surface area contributed by atoms with Crippen molar-refractivity contribution in [1.82, 2.24) is 20.0 Å². The average molecular weight is 336 g/mol. The number of halogens is 1. The molecule has 5 heteroatoms. The van der Waals surface area contributed by atoms with Gasteiger partial charge in [-0.25, -0.2) is 9.07 Å². The van der Waals surface area contributed by atoms with Crippen LogP contribution < -0.4 is 5.32 Å². The highest BCUT2D eigenvalue weighted by molar-refractivity contribution is 5.35. The van der Waals surface area contributed by atoms with E-state index in [1.165, 1.54) is 11.6 Å². The molecule has 1 fully saturated rings. The third kappa shape index (κ3) is 3.62. The second-order valence-electron chi connectivity index (χ2n) is 6.37. The zero-order valence-electron chi connectivity index (χ0n) is 14.0. The van der Waals surface area contributed by atoms with Crippen LogP contribution in [0.15, 0.2) is 67.0 Å². The number of hydrogen-bond acceptors (Lipinski definition) is 3. The summed E-state index contributed by atoms with van der Waals surface area (Å²) in [6.07, 6.45) is 3.72. The summed E-state index contributed by atoms with van der Waals surface area (Å²) in [5.74, 6) is -0.177. The van der Waals surface area contributed by atoms with Gasteiger partial charge in [0.15, 0.2) is 0 Å². The number of nitrogens with one attached hydrogen (secondary N) is 1. The number of nitrogens with zero attached hydrogens (tertiary/aromatic N) is 3. The molecule has 1 aromatic heterocycles. The molecule has 4 rings (SSSR count). The molecule has 1 N–H and O–H groups in total. The Labute approximate surface area is 146 Å². The van der Waals surface area contributed by atoms with Crippen molar-refractivity contribution in [3.8, 4) is 5.69 Å². The summed E-state index contributed by atoms with van der Waals surface area (Å²) in [7, 11) is 0. The van der Waals surface area contributed by atoms with Crippen LogP contribution in [-0.2, 0) is 6.54 Å². The third-order valence-corrected chi connectivity index (χ3v) is 4.65. The Kier molecular flexibility index (Phi) is 4.59. The van der Waals surface area contributed by atoms with E-state index in [1.54, 1.807) is 18.3 Å². The topological polar surface area (TPSA) is 33.1 Å². The van der Waals surface area contributed by atoms with Crippen LogP contribution in [0.1, 0.15) is 17.2 Å². The van der Waals surface area contributed by atoms with E-state index in [2.05, 4.69) is 39.6 Å². The number of piperazine rings is 1. The standard InChI is InChI=1S/C20H21FN4/c21-18-6-2-5-17(13-18)20-14-22-9-11-24(20)15-16-4-1-7-19(12-16)25-10-3-8-23-25/h1-8,10,12-13,20,22H,9,11,14-15H2. The Hall–Kier alpha value is -2.50.